The van der Waals surface area contributed by atoms with E-state index >= 15 is 0 Å². The molecule has 4 heteroatoms. The number of hydrogen-bond acceptors (Lipinski definition) is 3. The Morgan fingerprint density at radius 1 is 0.688 bits per heavy atom. The first-order valence-corrected chi connectivity index (χ1v) is 11.3. The van der Waals surface area contributed by atoms with Crippen molar-refractivity contribution < 1.29 is 4.92 Å². The molecule has 0 unspecified atom stereocenters. The van der Waals surface area contributed by atoms with Crippen molar-refractivity contribution in [1.82, 2.24) is 5.32 Å². The van der Waals surface area contributed by atoms with Crippen molar-refractivity contribution >= 4 is 17.8 Å². The number of aryl methyl sites for hydroxylation is 1. The summed E-state index contributed by atoms with van der Waals surface area (Å²) in [6, 6.07) is 18.2. The number of nitro groups is 1. The smallest absolute Gasteiger partial charge is 0.273 e. The van der Waals surface area contributed by atoms with Gasteiger partial charge in [0, 0.05) is 24.0 Å². The van der Waals surface area contributed by atoms with E-state index in [0.717, 1.165) is 24.0 Å². The third-order valence-electron chi connectivity index (χ3n) is 6.63. The van der Waals surface area contributed by atoms with Crippen LogP contribution in [-0.4, -0.2) is 4.92 Å². The van der Waals surface area contributed by atoms with E-state index in [1.54, 1.807) is 6.07 Å². The Labute approximate surface area is 188 Å². The van der Waals surface area contributed by atoms with Crippen molar-refractivity contribution in [3.05, 3.63) is 110 Å². The standard InChI is InChI=1S/C18H17NO2.C10H9N/c20-19(21)18-7-3-6-14-16-9-8-12-4-1-2-5-13(12)15(16)10-11-17(14)18;1-2-4-10-6-8-11-7-5-9(10)3-1/h3,6-9H,1-2,4-5,10-11H2;1-8,11H. The molecule has 2 aliphatic carbocycles. The molecular formula is C28H26N2O2. The Morgan fingerprint density at radius 3 is 2.12 bits per heavy atom. The van der Waals surface area contributed by atoms with Gasteiger partial charge in [0.2, 0.25) is 0 Å². The summed E-state index contributed by atoms with van der Waals surface area (Å²) in [5.41, 5.74) is 10.5. The van der Waals surface area contributed by atoms with Gasteiger partial charge in [0.05, 0.1) is 4.92 Å². The predicted molar refractivity (Wildman–Crippen MR) is 130 cm³/mol. The maximum absolute atomic E-state index is 11.2. The Kier molecular flexibility index (Phi) is 5.59. The van der Waals surface area contributed by atoms with Crippen LogP contribution in [0.4, 0.5) is 5.69 Å². The van der Waals surface area contributed by atoms with Gasteiger partial charge in [-0.2, -0.15) is 0 Å². The molecule has 1 heterocycles. The number of rotatable bonds is 1. The summed E-state index contributed by atoms with van der Waals surface area (Å²) in [4.78, 5) is 11.0. The lowest BCUT2D eigenvalue weighted by Gasteiger charge is -2.26. The van der Waals surface area contributed by atoms with Gasteiger partial charge in [-0.3, -0.25) is 10.1 Å². The molecule has 0 saturated carbocycles. The minimum absolute atomic E-state index is 0.248. The van der Waals surface area contributed by atoms with E-state index in [2.05, 4.69) is 41.7 Å². The Hall–Kier alpha value is -3.66. The van der Waals surface area contributed by atoms with E-state index in [0.29, 0.717) is 0 Å². The summed E-state index contributed by atoms with van der Waals surface area (Å²) < 4.78 is 0. The molecule has 0 amide bonds. The quantitative estimate of drug-likeness (QED) is 0.361. The average molecular weight is 423 g/mol. The van der Waals surface area contributed by atoms with Gasteiger partial charge >= 0.3 is 0 Å². The van der Waals surface area contributed by atoms with Crippen molar-refractivity contribution in [2.75, 3.05) is 0 Å². The first-order chi connectivity index (χ1) is 15.7. The fourth-order valence-electron chi connectivity index (χ4n) is 5.10. The van der Waals surface area contributed by atoms with Crippen LogP contribution in [-0.2, 0) is 25.7 Å². The highest BCUT2D eigenvalue weighted by Crippen LogP contribution is 2.41. The lowest BCUT2D eigenvalue weighted by molar-refractivity contribution is -0.385. The van der Waals surface area contributed by atoms with Crippen molar-refractivity contribution in [1.29, 1.82) is 0 Å². The molecule has 0 spiro atoms. The van der Waals surface area contributed by atoms with E-state index < -0.39 is 0 Å². The van der Waals surface area contributed by atoms with Gasteiger partial charge in [-0.1, -0.05) is 48.5 Å². The van der Waals surface area contributed by atoms with Crippen LogP contribution in [0.3, 0.4) is 0 Å². The minimum atomic E-state index is -0.248. The number of nitrogens with one attached hydrogen (secondary N) is 1. The number of nitrogens with zero attached hydrogens (tertiary/aromatic N) is 1. The number of fused-ring (bicyclic) bond motifs is 6. The molecule has 32 heavy (non-hydrogen) atoms. The van der Waals surface area contributed by atoms with Gasteiger partial charge in [-0.15, -0.1) is 0 Å². The van der Waals surface area contributed by atoms with Crippen molar-refractivity contribution in [3.8, 4) is 11.1 Å². The molecule has 160 valence electrons. The molecule has 3 aromatic rings. The molecule has 0 radical (unpaired) electrons. The fourth-order valence-corrected chi connectivity index (χ4v) is 5.10. The Bertz CT molecular complexity index is 1210. The molecule has 3 aromatic carbocycles. The molecule has 1 aliphatic heterocycles. The zero-order chi connectivity index (χ0) is 21.9. The third kappa shape index (κ3) is 3.84. The maximum Gasteiger partial charge on any atom is 0.273 e. The van der Waals surface area contributed by atoms with Crippen LogP contribution < -0.4 is 5.32 Å². The molecule has 0 bridgehead atoms. The highest BCUT2D eigenvalue weighted by atomic mass is 16.6. The molecule has 0 atom stereocenters. The molecule has 4 nitrogen and oxygen atoms in total. The lowest BCUT2D eigenvalue weighted by atomic mass is 9.78. The second kappa shape index (κ2) is 8.83. The maximum atomic E-state index is 11.2. The third-order valence-corrected chi connectivity index (χ3v) is 6.63. The van der Waals surface area contributed by atoms with Crippen LogP contribution in [0, 0.1) is 10.1 Å². The van der Waals surface area contributed by atoms with Crippen molar-refractivity contribution in [2.45, 2.75) is 38.5 Å². The summed E-state index contributed by atoms with van der Waals surface area (Å²) in [7, 11) is 0. The topological polar surface area (TPSA) is 55.2 Å². The number of hydrogen-bond donors (Lipinski definition) is 1. The SMILES string of the molecule is C1=Cc2ccccc2C=CN1.O=[N+]([O-])c1cccc2c1CCc1c-2ccc2c1CCCC2. The molecule has 0 saturated heterocycles. The summed E-state index contributed by atoms with van der Waals surface area (Å²) in [5.74, 6) is 0. The average Bonchev–Trinajstić information content (AvgIpc) is 3.09. The molecule has 0 aromatic heterocycles. The van der Waals surface area contributed by atoms with Gasteiger partial charge in [0.25, 0.3) is 5.69 Å². The van der Waals surface area contributed by atoms with Gasteiger partial charge < -0.3 is 5.32 Å². The largest absolute Gasteiger partial charge is 0.368 e. The highest BCUT2D eigenvalue weighted by molar-refractivity contribution is 5.78. The van der Waals surface area contributed by atoms with E-state index in [1.165, 1.54) is 59.1 Å². The van der Waals surface area contributed by atoms with Crippen LogP contribution >= 0.6 is 0 Å². The molecule has 3 aliphatic rings. The lowest BCUT2D eigenvalue weighted by Crippen LogP contribution is -2.13. The van der Waals surface area contributed by atoms with Gasteiger partial charge in [-0.25, -0.2) is 0 Å². The molecular weight excluding hydrogens is 396 g/mol. The van der Waals surface area contributed by atoms with Crippen molar-refractivity contribution in [2.24, 2.45) is 0 Å². The highest BCUT2D eigenvalue weighted by Gasteiger charge is 2.26. The van der Waals surface area contributed by atoms with E-state index in [1.807, 2.05) is 36.7 Å². The normalized spacial score (nSPS) is 15.0. The predicted octanol–water partition coefficient (Wildman–Crippen LogP) is 6.47. The van der Waals surface area contributed by atoms with Crippen LogP contribution in [0.15, 0.2) is 67.0 Å². The van der Waals surface area contributed by atoms with Crippen LogP contribution in [0.1, 0.15) is 46.2 Å². The van der Waals surface area contributed by atoms with Crippen molar-refractivity contribution in [3.63, 3.8) is 0 Å². The first-order valence-electron chi connectivity index (χ1n) is 11.3. The Morgan fingerprint density at radius 2 is 1.38 bits per heavy atom. The van der Waals surface area contributed by atoms with E-state index in [-0.39, 0.29) is 10.6 Å². The summed E-state index contributed by atoms with van der Waals surface area (Å²) in [6.45, 7) is 0. The van der Waals surface area contributed by atoms with Gasteiger partial charge in [-0.05, 0) is 89.6 Å². The van der Waals surface area contributed by atoms with E-state index in [9.17, 15) is 10.1 Å². The van der Waals surface area contributed by atoms with E-state index in [4.69, 9.17) is 0 Å². The van der Waals surface area contributed by atoms with Gasteiger partial charge in [0.15, 0.2) is 0 Å². The number of benzene rings is 3. The van der Waals surface area contributed by atoms with Crippen LogP contribution in [0.25, 0.3) is 23.3 Å². The zero-order valence-electron chi connectivity index (χ0n) is 18.0. The summed E-state index contributed by atoms with van der Waals surface area (Å²) in [6.07, 6.45) is 14.6. The Balaban J connectivity index is 0.000000165. The molecule has 1 N–H and O–H groups in total. The monoisotopic (exact) mass is 422 g/mol. The second-order valence-electron chi connectivity index (χ2n) is 8.46. The summed E-state index contributed by atoms with van der Waals surface area (Å²) >= 11 is 0. The molecule has 6 rings (SSSR count). The van der Waals surface area contributed by atoms with Crippen LogP contribution in [0.2, 0.25) is 0 Å². The fraction of sp³-hybridized carbons (Fsp3) is 0.214. The molecule has 0 fully saturated rings. The zero-order valence-corrected chi connectivity index (χ0v) is 18.0. The van der Waals surface area contributed by atoms with Gasteiger partial charge in [0.1, 0.15) is 0 Å². The summed E-state index contributed by atoms with van der Waals surface area (Å²) in [5, 5.41) is 14.3. The second-order valence-corrected chi connectivity index (χ2v) is 8.46. The first kappa shape index (κ1) is 20.3. The number of nitro benzene ring substituents is 1. The van der Waals surface area contributed by atoms with Crippen LogP contribution in [0.5, 0.6) is 0 Å². The minimum Gasteiger partial charge on any atom is -0.368 e.